The van der Waals surface area contributed by atoms with Gasteiger partial charge in [-0.25, -0.2) is 0 Å². The standard InChI is InChI=1S/C8H12N2O2/c1-9-5-6(11)10(2)7(12)8(9)3-4-8/h3-5H2,1-2H3. The number of carbonyl (C=O) groups excluding carboxylic acids is 2. The van der Waals surface area contributed by atoms with Gasteiger partial charge in [0.15, 0.2) is 0 Å². The maximum absolute atomic E-state index is 11.6. The van der Waals surface area contributed by atoms with Crippen molar-refractivity contribution < 1.29 is 9.59 Å². The molecule has 0 bridgehead atoms. The fourth-order valence-electron chi connectivity index (χ4n) is 1.76. The molecule has 2 amide bonds. The summed E-state index contributed by atoms with van der Waals surface area (Å²) in [5, 5.41) is 0. The minimum absolute atomic E-state index is 0.0266. The van der Waals surface area contributed by atoms with Gasteiger partial charge in [0.2, 0.25) is 11.8 Å². The van der Waals surface area contributed by atoms with Crippen LogP contribution in [-0.4, -0.2) is 47.8 Å². The van der Waals surface area contributed by atoms with Crippen molar-refractivity contribution in [2.24, 2.45) is 0 Å². The summed E-state index contributed by atoms with van der Waals surface area (Å²) in [4.78, 5) is 25.9. The molecule has 1 aliphatic carbocycles. The second-order valence-corrected chi connectivity index (χ2v) is 3.65. The third-order valence-electron chi connectivity index (χ3n) is 2.90. The molecule has 66 valence electrons. The van der Waals surface area contributed by atoms with Gasteiger partial charge < -0.3 is 0 Å². The fraction of sp³-hybridized carbons (Fsp3) is 0.750. The molecule has 0 aromatic carbocycles. The highest BCUT2D eigenvalue weighted by molar-refractivity contribution is 6.04. The van der Waals surface area contributed by atoms with Crippen LogP contribution in [0.5, 0.6) is 0 Å². The maximum atomic E-state index is 11.6. The first kappa shape index (κ1) is 7.73. The largest absolute Gasteiger partial charge is 0.283 e. The zero-order valence-corrected chi connectivity index (χ0v) is 7.33. The van der Waals surface area contributed by atoms with E-state index in [0.717, 1.165) is 12.8 Å². The molecule has 1 saturated heterocycles. The quantitative estimate of drug-likeness (QED) is 0.456. The number of likely N-dealkylation sites (N-methyl/N-ethyl adjacent to an activating group) is 2. The predicted molar refractivity (Wildman–Crippen MR) is 42.4 cm³/mol. The van der Waals surface area contributed by atoms with E-state index in [1.807, 2.05) is 11.9 Å². The number of piperazine rings is 1. The van der Waals surface area contributed by atoms with Crippen LogP contribution in [0.3, 0.4) is 0 Å². The fourth-order valence-corrected chi connectivity index (χ4v) is 1.76. The Labute approximate surface area is 71.1 Å². The van der Waals surface area contributed by atoms with Gasteiger partial charge in [0.05, 0.1) is 6.54 Å². The van der Waals surface area contributed by atoms with Crippen LogP contribution in [0.1, 0.15) is 12.8 Å². The van der Waals surface area contributed by atoms with Crippen LogP contribution in [0.2, 0.25) is 0 Å². The molecule has 4 nitrogen and oxygen atoms in total. The molecule has 1 spiro atoms. The molecule has 1 aliphatic heterocycles. The van der Waals surface area contributed by atoms with Crippen LogP contribution in [-0.2, 0) is 9.59 Å². The predicted octanol–water partition coefficient (Wildman–Crippen LogP) is -0.551. The van der Waals surface area contributed by atoms with Crippen LogP contribution < -0.4 is 0 Å². The van der Waals surface area contributed by atoms with E-state index in [4.69, 9.17) is 0 Å². The molecule has 0 aromatic heterocycles. The lowest BCUT2D eigenvalue weighted by molar-refractivity contribution is -0.154. The highest BCUT2D eigenvalue weighted by Crippen LogP contribution is 2.43. The number of rotatable bonds is 0. The summed E-state index contributed by atoms with van der Waals surface area (Å²) in [5.74, 6) is -0.124. The maximum Gasteiger partial charge on any atom is 0.249 e. The van der Waals surface area contributed by atoms with Crippen molar-refractivity contribution in [3.8, 4) is 0 Å². The zero-order valence-electron chi connectivity index (χ0n) is 7.33. The van der Waals surface area contributed by atoms with Crippen molar-refractivity contribution in [1.82, 2.24) is 9.80 Å². The highest BCUT2D eigenvalue weighted by Gasteiger charge is 2.58. The number of hydrogen-bond donors (Lipinski definition) is 0. The second kappa shape index (κ2) is 2.07. The summed E-state index contributed by atoms with van der Waals surface area (Å²) in [6, 6.07) is 0. The Hall–Kier alpha value is -0.900. The second-order valence-electron chi connectivity index (χ2n) is 3.65. The molecule has 1 saturated carbocycles. The SMILES string of the molecule is CN1C(=O)CN(C)C2(CC2)C1=O. The molecule has 0 atom stereocenters. The molecule has 2 rings (SSSR count). The monoisotopic (exact) mass is 168 g/mol. The molecular formula is C8H12N2O2. The third kappa shape index (κ3) is 0.756. The summed E-state index contributed by atoms with van der Waals surface area (Å²) in [5.41, 5.74) is -0.303. The van der Waals surface area contributed by atoms with E-state index in [1.165, 1.54) is 4.90 Å². The summed E-state index contributed by atoms with van der Waals surface area (Å²) in [7, 11) is 3.41. The molecule has 0 aromatic rings. The molecule has 4 heteroatoms. The van der Waals surface area contributed by atoms with E-state index in [0.29, 0.717) is 6.54 Å². The first-order valence-electron chi connectivity index (χ1n) is 4.10. The van der Waals surface area contributed by atoms with Crippen molar-refractivity contribution in [3.05, 3.63) is 0 Å². The third-order valence-corrected chi connectivity index (χ3v) is 2.90. The molecule has 2 aliphatic rings. The molecule has 0 radical (unpaired) electrons. The molecule has 0 unspecified atom stereocenters. The van der Waals surface area contributed by atoms with Gasteiger partial charge in [-0.15, -0.1) is 0 Å². The van der Waals surface area contributed by atoms with E-state index in [-0.39, 0.29) is 17.4 Å². The zero-order chi connectivity index (χ0) is 8.93. The molecular weight excluding hydrogens is 156 g/mol. The Bertz CT molecular complexity index is 258. The van der Waals surface area contributed by atoms with E-state index in [2.05, 4.69) is 0 Å². The number of nitrogens with zero attached hydrogens (tertiary/aromatic N) is 2. The van der Waals surface area contributed by atoms with E-state index >= 15 is 0 Å². The Balaban J connectivity index is 2.28. The van der Waals surface area contributed by atoms with Gasteiger partial charge in [-0.1, -0.05) is 0 Å². The minimum atomic E-state index is -0.303. The van der Waals surface area contributed by atoms with Crippen LogP contribution >= 0.6 is 0 Å². The minimum Gasteiger partial charge on any atom is -0.283 e. The van der Waals surface area contributed by atoms with Crippen molar-refractivity contribution in [2.45, 2.75) is 18.4 Å². The van der Waals surface area contributed by atoms with Crippen molar-refractivity contribution >= 4 is 11.8 Å². The van der Waals surface area contributed by atoms with E-state index < -0.39 is 0 Å². The Morgan fingerprint density at radius 1 is 1.25 bits per heavy atom. The lowest BCUT2D eigenvalue weighted by Gasteiger charge is -2.35. The first-order valence-corrected chi connectivity index (χ1v) is 4.10. The Morgan fingerprint density at radius 2 is 1.83 bits per heavy atom. The van der Waals surface area contributed by atoms with Crippen LogP contribution in [0.25, 0.3) is 0 Å². The highest BCUT2D eigenvalue weighted by atomic mass is 16.2. The summed E-state index contributed by atoms with van der Waals surface area (Å²) < 4.78 is 0. The smallest absolute Gasteiger partial charge is 0.249 e. The van der Waals surface area contributed by atoms with Gasteiger partial charge in [-0.05, 0) is 19.9 Å². The van der Waals surface area contributed by atoms with Gasteiger partial charge in [-0.2, -0.15) is 0 Å². The molecule has 1 heterocycles. The lowest BCUT2D eigenvalue weighted by Crippen LogP contribution is -2.58. The van der Waals surface area contributed by atoms with Crippen LogP contribution in [0.15, 0.2) is 0 Å². The topological polar surface area (TPSA) is 40.6 Å². The number of imide groups is 1. The normalized spacial score (nSPS) is 28.3. The Morgan fingerprint density at radius 3 is 2.33 bits per heavy atom. The number of hydrogen-bond acceptors (Lipinski definition) is 3. The molecule has 12 heavy (non-hydrogen) atoms. The van der Waals surface area contributed by atoms with Gasteiger partial charge in [0.1, 0.15) is 5.54 Å². The Kier molecular flexibility index (Phi) is 1.33. The summed E-state index contributed by atoms with van der Waals surface area (Å²) >= 11 is 0. The van der Waals surface area contributed by atoms with Gasteiger partial charge in [-0.3, -0.25) is 19.4 Å². The summed E-state index contributed by atoms with van der Waals surface area (Å²) in [6.45, 7) is 0.377. The van der Waals surface area contributed by atoms with Gasteiger partial charge in [0.25, 0.3) is 0 Å². The van der Waals surface area contributed by atoms with Gasteiger partial charge >= 0.3 is 0 Å². The van der Waals surface area contributed by atoms with Crippen molar-refractivity contribution in [1.29, 1.82) is 0 Å². The lowest BCUT2D eigenvalue weighted by atomic mass is 10.1. The van der Waals surface area contributed by atoms with Crippen molar-refractivity contribution in [2.75, 3.05) is 20.6 Å². The van der Waals surface area contributed by atoms with E-state index in [9.17, 15) is 9.59 Å². The van der Waals surface area contributed by atoms with Crippen molar-refractivity contribution in [3.63, 3.8) is 0 Å². The average Bonchev–Trinajstić information content (AvgIpc) is 2.79. The van der Waals surface area contributed by atoms with Crippen LogP contribution in [0, 0.1) is 0 Å². The number of carbonyl (C=O) groups is 2. The molecule has 2 fully saturated rings. The van der Waals surface area contributed by atoms with Gasteiger partial charge in [0, 0.05) is 7.05 Å². The average molecular weight is 168 g/mol. The summed E-state index contributed by atoms with van der Waals surface area (Å²) in [6.07, 6.45) is 1.81. The molecule has 0 N–H and O–H groups in total. The van der Waals surface area contributed by atoms with E-state index in [1.54, 1.807) is 7.05 Å². The first-order chi connectivity index (χ1) is 5.58. The number of amides is 2. The van der Waals surface area contributed by atoms with Crippen LogP contribution in [0.4, 0.5) is 0 Å².